The number of nitrogens with zero attached hydrogens (tertiary/aromatic N) is 2. The quantitative estimate of drug-likeness (QED) is 0.570. The molecule has 3 nitrogen and oxygen atoms in total. The highest BCUT2D eigenvalue weighted by Crippen LogP contribution is 2.14. The highest BCUT2D eigenvalue weighted by molar-refractivity contribution is 7.09. The Kier molecular flexibility index (Phi) is 6.40. The third-order valence-corrected chi connectivity index (χ3v) is 3.47. The summed E-state index contributed by atoms with van der Waals surface area (Å²) >= 11 is 1.73. The molecule has 0 aliphatic rings. The monoisotopic (exact) mass is 253 g/mol. The Morgan fingerprint density at radius 3 is 2.94 bits per heavy atom. The van der Waals surface area contributed by atoms with Crippen LogP contribution in [0.5, 0.6) is 0 Å². The van der Waals surface area contributed by atoms with Crippen molar-refractivity contribution in [2.45, 2.75) is 26.8 Å². The van der Waals surface area contributed by atoms with E-state index in [1.165, 1.54) is 16.9 Å². The van der Waals surface area contributed by atoms with Crippen molar-refractivity contribution in [3.8, 4) is 0 Å². The number of likely N-dealkylation sites (N-methyl/N-ethyl adjacent to an activating group) is 1. The normalized spacial score (nSPS) is 11.1. The van der Waals surface area contributed by atoms with Crippen LogP contribution in [0.4, 0.5) is 0 Å². The molecule has 1 heterocycles. The Morgan fingerprint density at radius 1 is 1.59 bits per heavy atom. The van der Waals surface area contributed by atoms with Gasteiger partial charge in [0.15, 0.2) is 0 Å². The van der Waals surface area contributed by atoms with Crippen molar-refractivity contribution in [2.24, 2.45) is 0 Å². The number of aromatic nitrogens is 1. The maximum Gasteiger partial charge on any atom is 0.0798 e. The second-order valence-electron chi connectivity index (χ2n) is 4.46. The first-order chi connectivity index (χ1) is 8.13. The van der Waals surface area contributed by atoms with Gasteiger partial charge in [0, 0.05) is 24.5 Å². The van der Waals surface area contributed by atoms with Crippen LogP contribution in [0.2, 0.25) is 0 Å². The molecule has 0 aliphatic heterocycles. The summed E-state index contributed by atoms with van der Waals surface area (Å²) in [5.74, 6) is 0. The zero-order chi connectivity index (χ0) is 12.7. The predicted octanol–water partition coefficient (Wildman–Crippen LogP) is 2.44. The maximum absolute atomic E-state index is 4.27. The molecule has 0 unspecified atom stereocenters. The third-order valence-electron chi connectivity index (χ3n) is 2.55. The van der Waals surface area contributed by atoms with Crippen molar-refractivity contribution in [3.63, 3.8) is 0 Å². The van der Waals surface area contributed by atoms with E-state index in [0.717, 1.165) is 31.9 Å². The Bertz CT molecular complexity index is 346. The van der Waals surface area contributed by atoms with Crippen molar-refractivity contribution in [1.29, 1.82) is 0 Å². The van der Waals surface area contributed by atoms with E-state index in [1.807, 2.05) is 5.51 Å². The minimum atomic E-state index is 0.917. The summed E-state index contributed by atoms with van der Waals surface area (Å²) in [5, 5.41) is 3.37. The summed E-state index contributed by atoms with van der Waals surface area (Å²) in [7, 11) is 2.13. The van der Waals surface area contributed by atoms with Crippen molar-refractivity contribution in [1.82, 2.24) is 15.2 Å². The Hall–Kier alpha value is -0.710. The van der Waals surface area contributed by atoms with Gasteiger partial charge in [0.2, 0.25) is 0 Å². The predicted molar refractivity (Wildman–Crippen MR) is 75.5 cm³/mol. The van der Waals surface area contributed by atoms with E-state index >= 15 is 0 Å². The van der Waals surface area contributed by atoms with Crippen molar-refractivity contribution in [3.05, 3.63) is 28.2 Å². The van der Waals surface area contributed by atoms with E-state index < -0.39 is 0 Å². The molecule has 0 radical (unpaired) electrons. The lowest BCUT2D eigenvalue weighted by Gasteiger charge is -2.17. The number of aryl methyl sites for hydroxylation is 1. The van der Waals surface area contributed by atoms with Crippen LogP contribution in [-0.2, 0) is 6.54 Å². The van der Waals surface area contributed by atoms with Gasteiger partial charge in [-0.3, -0.25) is 4.90 Å². The lowest BCUT2D eigenvalue weighted by atomic mass is 10.2. The van der Waals surface area contributed by atoms with Crippen molar-refractivity contribution in [2.75, 3.05) is 26.7 Å². The number of hydrogen-bond acceptors (Lipinski definition) is 4. The van der Waals surface area contributed by atoms with Gasteiger partial charge in [0.25, 0.3) is 0 Å². The van der Waals surface area contributed by atoms with Crippen LogP contribution < -0.4 is 5.32 Å². The number of nitrogens with one attached hydrogen (secondary N) is 1. The van der Waals surface area contributed by atoms with Gasteiger partial charge in [0.05, 0.1) is 11.2 Å². The van der Waals surface area contributed by atoms with E-state index in [9.17, 15) is 0 Å². The summed E-state index contributed by atoms with van der Waals surface area (Å²) < 4.78 is 0. The molecule has 0 aliphatic carbocycles. The first-order valence-electron chi connectivity index (χ1n) is 6.08. The van der Waals surface area contributed by atoms with Gasteiger partial charge in [-0.1, -0.05) is 13.5 Å². The Morgan fingerprint density at radius 2 is 2.35 bits per heavy atom. The fraction of sp³-hybridized carbons (Fsp3) is 0.615. The summed E-state index contributed by atoms with van der Waals surface area (Å²) in [6.45, 7) is 12.2. The van der Waals surface area contributed by atoms with Crippen LogP contribution in [0.25, 0.3) is 0 Å². The molecule has 0 amide bonds. The van der Waals surface area contributed by atoms with E-state index in [2.05, 4.69) is 42.7 Å². The average molecular weight is 253 g/mol. The zero-order valence-electron chi connectivity index (χ0n) is 11.1. The molecule has 0 bridgehead atoms. The fourth-order valence-electron chi connectivity index (χ4n) is 1.66. The second-order valence-corrected chi connectivity index (χ2v) is 5.40. The first kappa shape index (κ1) is 14.4. The molecule has 1 rings (SSSR count). The van der Waals surface area contributed by atoms with Crippen LogP contribution in [0.3, 0.4) is 0 Å². The molecule has 1 aromatic rings. The lowest BCUT2D eigenvalue weighted by Crippen LogP contribution is -2.26. The Balaban J connectivity index is 2.27. The average Bonchev–Trinajstić information content (AvgIpc) is 2.64. The molecule has 0 saturated heterocycles. The van der Waals surface area contributed by atoms with Crippen LogP contribution in [0.1, 0.15) is 23.9 Å². The fourth-order valence-corrected chi connectivity index (χ4v) is 2.51. The summed E-state index contributed by atoms with van der Waals surface area (Å²) in [6.07, 6.45) is 1.17. The van der Waals surface area contributed by atoms with Crippen LogP contribution >= 0.6 is 11.3 Å². The first-order valence-corrected chi connectivity index (χ1v) is 6.96. The highest BCUT2D eigenvalue weighted by atomic mass is 32.1. The third kappa shape index (κ3) is 5.44. The minimum absolute atomic E-state index is 0.917. The van der Waals surface area contributed by atoms with E-state index in [0.29, 0.717) is 0 Å². The maximum atomic E-state index is 4.27. The topological polar surface area (TPSA) is 28.2 Å². The summed E-state index contributed by atoms with van der Waals surface area (Å²) in [4.78, 5) is 7.90. The van der Waals surface area contributed by atoms with Crippen LogP contribution in [-0.4, -0.2) is 36.6 Å². The molecule has 0 fully saturated rings. The van der Waals surface area contributed by atoms with Gasteiger partial charge in [0.1, 0.15) is 0 Å². The molecular weight excluding hydrogens is 230 g/mol. The molecule has 96 valence electrons. The van der Waals surface area contributed by atoms with Crippen molar-refractivity contribution >= 4 is 11.3 Å². The molecule has 0 saturated carbocycles. The largest absolute Gasteiger partial charge is 0.313 e. The second kappa shape index (κ2) is 7.58. The van der Waals surface area contributed by atoms with Gasteiger partial charge in [-0.05, 0) is 32.5 Å². The number of rotatable bonds is 8. The number of thiazole rings is 1. The SMILES string of the molecule is C=C(CNCCC)CN(C)Cc1scnc1C. The van der Waals surface area contributed by atoms with Crippen LogP contribution in [0, 0.1) is 6.92 Å². The smallest absolute Gasteiger partial charge is 0.0798 e. The van der Waals surface area contributed by atoms with Gasteiger partial charge in [-0.25, -0.2) is 4.98 Å². The summed E-state index contributed by atoms with van der Waals surface area (Å²) in [5.41, 5.74) is 4.30. The van der Waals surface area contributed by atoms with Gasteiger partial charge < -0.3 is 5.32 Å². The zero-order valence-corrected chi connectivity index (χ0v) is 11.9. The molecule has 4 heteroatoms. The standard InChI is InChI=1S/C13H23N3S/c1-5-6-14-7-11(2)8-16(4)9-13-12(3)15-10-17-13/h10,14H,2,5-9H2,1,3-4H3. The Labute approximate surface area is 109 Å². The van der Waals surface area contributed by atoms with E-state index in [1.54, 1.807) is 11.3 Å². The molecule has 0 aromatic carbocycles. The molecule has 0 spiro atoms. The van der Waals surface area contributed by atoms with Gasteiger partial charge >= 0.3 is 0 Å². The van der Waals surface area contributed by atoms with Gasteiger partial charge in [-0.2, -0.15) is 0 Å². The molecule has 17 heavy (non-hydrogen) atoms. The van der Waals surface area contributed by atoms with Crippen LogP contribution in [0.15, 0.2) is 17.7 Å². The minimum Gasteiger partial charge on any atom is -0.313 e. The van der Waals surface area contributed by atoms with Gasteiger partial charge in [-0.15, -0.1) is 11.3 Å². The highest BCUT2D eigenvalue weighted by Gasteiger charge is 2.06. The molecule has 1 aromatic heterocycles. The van der Waals surface area contributed by atoms with Crippen molar-refractivity contribution < 1.29 is 0 Å². The summed E-state index contributed by atoms with van der Waals surface area (Å²) in [6, 6.07) is 0. The number of hydrogen-bond donors (Lipinski definition) is 1. The van der Waals surface area contributed by atoms with E-state index in [-0.39, 0.29) is 0 Å². The molecular formula is C13H23N3S. The molecule has 0 atom stereocenters. The van der Waals surface area contributed by atoms with E-state index in [4.69, 9.17) is 0 Å². The molecule has 1 N–H and O–H groups in total. The lowest BCUT2D eigenvalue weighted by molar-refractivity contribution is 0.354.